The molecule has 0 aliphatic rings. The van der Waals surface area contributed by atoms with E-state index in [4.69, 9.17) is 4.18 Å². The summed E-state index contributed by atoms with van der Waals surface area (Å²) in [5.41, 5.74) is 5.52. The molecule has 0 aliphatic carbocycles. The van der Waals surface area contributed by atoms with Crippen LogP contribution in [0.15, 0.2) is 12.1 Å². The number of carbonyl (C=O) groups excluding carboxylic acids is 1. The van der Waals surface area contributed by atoms with Gasteiger partial charge in [0.1, 0.15) is 5.56 Å². The molecule has 0 unspecified atom stereocenters. The number of aromatic nitrogens is 3. The van der Waals surface area contributed by atoms with Crippen molar-refractivity contribution in [2.24, 2.45) is 7.05 Å². The van der Waals surface area contributed by atoms with Crippen LogP contribution in [-0.4, -0.2) is 35.2 Å². The second kappa shape index (κ2) is 6.70. The lowest BCUT2D eigenvalue weighted by molar-refractivity contribution is 0.103. The van der Waals surface area contributed by atoms with Crippen LogP contribution in [0.25, 0.3) is 10.9 Å². The normalized spacial score (nSPS) is 11.8. The smallest absolute Gasteiger partial charge is 0.307 e. The molecule has 0 spiro atoms. The van der Waals surface area contributed by atoms with Crippen LogP contribution in [0.4, 0.5) is 0 Å². The van der Waals surface area contributed by atoms with E-state index in [1.165, 1.54) is 11.7 Å². The molecular formula is C20H23N3O4S. The van der Waals surface area contributed by atoms with Gasteiger partial charge in [-0.3, -0.25) is 9.78 Å². The van der Waals surface area contributed by atoms with Crippen LogP contribution >= 0.6 is 0 Å². The van der Waals surface area contributed by atoms with Gasteiger partial charge in [-0.25, -0.2) is 4.68 Å². The Morgan fingerprint density at radius 2 is 1.68 bits per heavy atom. The zero-order valence-corrected chi connectivity index (χ0v) is 17.9. The first-order chi connectivity index (χ1) is 12.9. The van der Waals surface area contributed by atoms with Gasteiger partial charge in [-0.2, -0.15) is 13.5 Å². The van der Waals surface area contributed by atoms with Crippen molar-refractivity contribution < 1.29 is 17.4 Å². The number of nitrogens with zero attached hydrogens (tertiary/aromatic N) is 3. The van der Waals surface area contributed by atoms with E-state index in [-0.39, 0.29) is 17.2 Å². The van der Waals surface area contributed by atoms with Crippen LogP contribution in [0, 0.1) is 34.6 Å². The lowest BCUT2D eigenvalue weighted by Crippen LogP contribution is -2.13. The summed E-state index contributed by atoms with van der Waals surface area (Å²) >= 11 is 0. The molecule has 3 aromatic rings. The van der Waals surface area contributed by atoms with Gasteiger partial charge in [0.05, 0.1) is 17.5 Å². The first-order valence-corrected chi connectivity index (χ1v) is 10.6. The fourth-order valence-corrected chi connectivity index (χ4v) is 3.93. The zero-order chi connectivity index (χ0) is 21.0. The summed E-state index contributed by atoms with van der Waals surface area (Å²) in [5.74, 6) is -0.469. The number of ketones is 1. The van der Waals surface area contributed by atoms with Gasteiger partial charge < -0.3 is 4.18 Å². The largest absolute Gasteiger partial charge is 0.361 e. The highest BCUT2D eigenvalue weighted by atomic mass is 32.2. The average molecular weight is 401 g/mol. The van der Waals surface area contributed by atoms with Crippen LogP contribution < -0.4 is 4.18 Å². The Hall–Kier alpha value is -2.74. The summed E-state index contributed by atoms with van der Waals surface area (Å²) < 4.78 is 29.7. The van der Waals surface area contributed by atoms with E-state index in [1.54, 1.807) is 13.0 Å². The Labute approximate surface area is 164 Å². The predicted molar refractivity (Wildman–Crippen MR) is 108 cm³/mol. The van der Waals surface area contributed by atoms with E-state index >= 15 is 0 Å². The standard InChI is InChI=1S/C20H23N3O4S/c1-10-8-9-15(18-16(10)12(3)11(2)13(4)21-18)19(24)17-14(5)22-23(6)20(17)27-28(7,25)26/h8-9H,1-7H3. The molecule has 0 radical (unpaired) electrons. The summed E-state index contributed by atoms with van der Waals surface area (Å²) in [4.78, 5) is 18.1. The molecule has 0 atom stereocenters. The molecule has 28 heavy (non-hydrogen) atoms. The Balaban J connectivity index is 2.31. The predicted octanol–water partition coefficient (Wildman–Crippen LogP) is 3.08. The molecule has 0 amide bonds. The number of rotatable bonds is 4. The number of benzene rings is 1. The molecule has 0 aliphatic heterocycles. The van der Waals surface area contributed by atoms with Gasteiger partial charge in [-0.15, -0.1) is 0 Å². The summed E-state index contributed by atoms with van der Waals surface area (Å²) in [6.45, 7) is 9.56. The molecule has 0 fully saturated rings. The Morgan fingerprint density at radius 3 is 2.29 bits per heavy atom. The zero-order valence-electron chi connectivity index (χ0n) is 17.0. The van der Waals surface area contributed by atoms with Crippen LogP contribution in [-0.2, 0) is 17.2 Å². The van der Waals surface area contributed by atoms with E-state index in [9.17, 15) is 13.2 Å². The summed E-state index contributed by atoms with van der Waals surface area (Å²) in [6.07, 6.45) is 0.932. The highest BCUT2D eigenvalue weighted by Gasteiger charge is 2.27. The van der Waals surface area contributed by atoms with Crippen LogP contribution in [0.1, 0.15) is 44.0 Å². The van der Waals surface area contributed by atoms with E-state index in [0.29, 0.717) is 16.8 Å². The lowest BCUT2D eigenvalue weighted by atomic mass is 9.93. The third kappa shape index (κ3) is 3.28. The molecule has 2 aromatic heterocycles. The number of fused-ring (bicyclic) bond motifs is 1. The Kier molecular flexibility index (Phi) is 4.79. The molecule has 0 saturated carbocycles. The maximum Gasteiger partial charge on any atom is 0.307 e. The first-order valence-electron chi connectivity index (χ1n) is 8.77. The number of aryl methyl sites for hydroxylation is 5. The minimum Gasteiger partial charge on any atom is -0.361 e. The van der Waals surface area contributed by atoms with Crippen LogP contribution in [0.3, 0.4) is 0 Å². The molecular weight excluding hydrogens is 378 g/mol. The Morgan fingerprint density at radius 1 is 1.04 bits per heavy atom. The second-order valence-corrected chi connectivity index (χ2v) is 8.68. The molecule has 7 nitrogen and oxygen atoms in total. The summed E-state index contributed by atoms with van der Waals surface area (Å²) in [5, 5.41) is 5.11. The highest BCUT2D eigenvalue weighted by Crippen LogP contribution is 2.32. The van der Waals surface area contributed by atoms with Crippen molar-refractivity contribution in [2.45, 2.75) is 34.6 Å². The van der Waals surface area contributed by atoms with Crippen molar-refractivity contribution in [1.82, 2.24) is 14.8 Å². The summed E-state index contributed by atoms with van der Waals surface area (Å²) in [7, 11) is -2.29. The molecule has 0 N–H and O–H groups in total. The van der Waals surface area contributed by atoms with Gasteiger partial charge in [-0.1, -0.05) is 6.07 Å². The molecule has 0 bridgehead atoms. The maximum absolute atomic E-state index is 13.5. The first kappa shape index (κ1) is 20.0. The number of hydrogen-bond donors (Lipinski definition) is 0. The van der Waals surface area contributed by atoms with E-state index in [1.807, 2.05) is 33.8 Å². The van der Waals surface area contributed by atoms with Gasteiger partial charge in [0, 0.05) is 23.7 Å². The van der Waals surface area contributed by atoms with Crippen LogP contribution in [0.5, 0.6) is 5.88 Å². The van der Waals surface area contributed by atoms with Gasteiger partial charge in [0.2, 0.25) is 11.7 Å². The molecule has 148 valence electrons. The van der Waals surface area contributed by atoms with Gasteiger partial charge in [0.25, 0.3) is 0 Å². The van der Waals surface area contributed by atoms with Gasteiger partial charge >= 0.3 is 10.1 Å². The van der Waals surface area contributed by atoms with Crippen molar-refractivity contribution in [3.63, 3.8) is 0 Å². The minimum absolute atomic E-state index is 0.0979. The minimum atomic E-state index is -3.82. The molecule has 2 heterocycles. The van der Waals surface area contributed by atoms with Crippen molar-refractivity contribution in [3.05, 3.63) is 51.3 Å². The fourth-order valence-electron chi connectivity index (χ4n) is 3.45. The van der Waals surface area contributed by atoms with Gasteiger partial charge in [-0.05, 0) is 57.4 Å². The van der Waals surface area contributed by atoms with E-state index in [2.05, 4.69) is 10.1 Å². The monoisotopic (exact) mass is 401 g/mol. The lowest BCUT2D eigenvalue weighted by Gasteiger charge is -2.14. The third-order valence-corrected chi connectivity index (χ3v) is 5.48. The molecule has 8 heteroatoms. The summed E-state index contributed by atoms with van der Waals surface area (Å²) in [6, 6.07) is 3.60. The fraction of sp³-hybridized carbons (Fsp3) is 0.350. The number of hydrogen-bond acceptors (Lipinski definition) is 6. The van der Waals surface area contributed by atoms with Crippen molar-refractivity contribution in [1.29, 1.82) is 0 Å². The van der Waals surface area contributed by atoms with E-state index < -0.39 is 10.1 Å². The quantitative estimate of drug-likeness (QED) is 0.493. The number of pyridine rings is 1. The highest BCUT2D eigenvalue weighted by molar-refractivity contribution is 7.86. The van der Waals surface area contributed by atoms with Crippen molar-refractivity contribution >= 4 is 26.8 Å². The Bertz CT molecular complexity index is 1240. The number of carbonyl (C=O) groups is 1. The SMILES string of the molecule is Cc1nc2c(C(=O)c3c(C)nn(C)c3OS(C)(=O)=O)ccc(C)c2c(C)c1C. The van der Waals surface area contributed by atoms with Crippen molar-refractivity contribution in [2.75, 3.05) is 6.26 Å². The third-order valence-electron chi connectivity index (χ3n) is 5.02. The van der Waals surface area contributed by atoms with Gasteiger partial charge in [0.15, 0.2) is 0 Å². The average Bonchev–Trinajstić information content (AvgIpc) is 2.84. The molecule has 3 rings (SSSR count). The van der Waals surface area contributed by atoms with Crippen LogP contribution in [0.2, 0.25) is 0 Å². The topological polar surface area (TPSA) is 91.2 Å². The molecule has 0 saturated heterocycles. The van der Waals surface area contributed by atoms with Crippen molar-refractivity contribution in [3.8, 4) is 5.88 Å². The molecule has 1 aromatic carbocycles. The maximum atomic E-state index is 13.5. The second-order valence-electron chi connectivity index (χ2n) is 7.11. The van der Waals surface area contributed by atoms with E-state index in [0.717, 1.165) is 34.0 Å².